The SMILES string of the molecule is CC1(C)OB(C(=Cc2cc(OC(F)(F)F)ccc2F)CO)OC1(C)C. The standard InChI is InChI=1S/C16H19BF4O4/c1-14(2)15(3,4)25-17(24-14)11(9-22)7-10-8-12(5-6-13(10)18)23-16(19,20)21/h5-8,22H,9H2,1-4H3. The highest BCUT2D eigenvalue weighted by molar-refractivity contribution is 6.55. The molecule has 1 aromatic carbocycles. The van der Waals surface area contributed by atoms with E-state index in [1.54, 1.807) is 27.7 Å². The topological polar surface area (TPSA) is 47.9 Å². The second-order valence-corrected chi connectivity index (χ2v) is 6.70. The van der Waals surface area contributed by atoms with Crippen molar-refractivity contribution in [2.45, 2.75) is 45.3 Å². The van der Waals surface area contributed by atoms with Crippen LogP contribution < -0.4 is 4.74 Å². The molecule has 1 fully saturated rings. The minimum Gasteiger partial charge on any atom is -0.406 e. The number of benzene rings is 1. The summed E-state index contributed by atoms with van der Waals surface area (Å²) < 4.78 is 66.2. The van der Waals surface area contributed by atoms with Gasteiger partial charge >= 0.3 is 13.5 Å². The Bertz CT molecular complexity index is 655. The number of aliphatic hydroxyl groups excluding tert-OH is 1. The lowest BCUT2D eigenvalue weighted by Gasteiger charge is -2.32. The van der Waals surface area contributed by atoms with E-state index in [0.717, 1.165) is 18.2 Å². The van der Waals surface area contributed by atoms with E-state index >= 15 is 0 Å². The second kappa shape index (κ2) is 6.62. The molecule has 0 bridgehead atoms. The summed E-state index contributed by atoms with van der Waals surface area (Å²) in [7, 11) is -0.943. The zero-order valence-electron chi connectivity index (χ0n) is 14.3. The van der Waals surface area contributed by atoms with Crippen LogP contribution in [-0.4, -0.2) is 36.4 Å². The van der Waals surface area contributed by atoms with Gasteiger partial charge in [-0.15, -0.1) is 13.2 Å². The van der Waals surface area contributed by atoms with Gasteiger partial charge in [-0.3, -0.25) is 0 Å². The van der Waals surface area contributed by atoms with Crippen molar-refractivity contribution in [3.8, 4) is 5.75 Å². The number of aliphatic hydroxyl groups is 1. The molecule has 2 rings (SSSR count). The molecule has 1 heterocycles. The maximum absolute atomic E-state index is 13.9. The van der Waals surface area contributed by atoms with Gasteiger partial charge in [-0.05, 0) is 51.4 Å². The zero-order chi connectivity index (χ0) is 19.0. The first-order chi connectivity index (χ1) is 11.3. The Hall–Kier alpha value is -1.58. The van der Waals surface area contributed by atoms with Crippen molar-refractivity contribution in [1.82, 2.24) is 0 Å². The van der Waals surface area contributed by atoms with Gasteiger partial charge in [0, 0.05) is 5.56 Å². The van der Waals surface area contributed by atoms with Gasteiger partial charge in [0.05, 0.1) is 17.8 Å². The van der Waals surface area contributed by atoms with E-state index in [1.165, 1.54) is 6.08 Å². The first kappa shape index (κ1) is 19.7. The molecule has 0 aromatic heterocycles. The maximum Gasteiger partial charge on any atom is 0.573 e. The first-order valence-corrected chi connectivity index (χ1v) is 7.57. The van der Waals surface area contributed by atoms with Crippen molar-refractivity contribution >= 4 is 13.2 Å². The minimum absolute atomic E-state index is 0.180. The minimum atomic E-state index is -4.88. The van der Waals surface area contributed by atoms with Crippen LogP contribution in [0.3, 0.4) is 0 Å². The number of ether oxygens (including phenoxy) is 1. The number of halogens is 4. The molecule has 9 heteroatoms. The van der Waals surface area contributed by atoms with Gasteiger partial charge in [0.1, 0.15) is 11.6 Å². The van der Waals surface area contributed by atoms with Crippen molar-refractivity contribution in [1.29, 1.82) is 0 Å². The van der Waals surface area contributed by atoms with Gasteiger partial charge in [0.15, 0.2) is 0 Å². The summed E-state index contributed by atoms with van der Waals surface area (Å²) in [6.45, 7) is 6.71. The molecule has 0 spiro atoms. The molecule has 0 aliphatic carbocycles. The molecule has 1 aromatic rings. The van der Waals surface area contributed by atoms with E-state index in [0.29, 0.717) is 0 Å². The lowest BCUT2D eigenvalue weighted by atomic mass is 9.77. The van der Waals surface area contributed by atoms with Gasteiger partial charge in [0.25, 0.3) is 0 Å². The zero-order valence-corrected chi connectivity index (χ0v) is 14.3. The van der Waals surface area contributed by atoms with Crippen LogP contribution in [0.15, 0.2) is 23.7 Å². The summed E-state index contributed by atoms with van der Waals surface area (Å²) in [5.41, 5.74) is -1.35. The molecule has 1 aliphatic heterocycles. The van der Waals surface area contributed by atoms with Gasteiger partial charge in [-0.2, -0.15) is 0 Å². The average molecular weight is 362 g/mol. The van der Waals surface area contributed by atoms with E-state index in [9.17, 15) is 22.7 Å². The number of hydrogen-bond donors (Lipinski definition) is 1. The molecule has 0 unspecified atom stereocenters. The Morgan fingerprint density at radius 1 is 1.20 bits per heavy atom. The van der Waals surface area contributed by atoms with Gasteiger partial charge < -0.3 is 19.2 Å². The monoisotopic (exact) mass is 362 g/mol. The van der Waals surface area contributed by atoms with Gasteiger partial charge in [0.2, 0.25) is 0 Å². The Morgan fingerprint density at radius 3 is 2.24 bits per heavy atom. The summed E-state index contributed by atoms with van der Waals surface area (Å²) >= 11 is 0. The number of rotatable bonds is 4. The summed E-state index contributed by atoms with van der Waals surface area (Å²) in [6, 6.07) is 2.61. The van der Waals surface area contributed by atoms with Crippen LogP contribution in [0.5, 0.6) is 5.75 Å². The van der Waals surface area contributed by atoms with Crippen LogP contribution in [0.4, 0.5) is 17.6 Å². The lowest BCUT2D eigenvalue weighted by Crippen LogP contribution is -2.41. The third-order valence-electron chi connectivity index (χ3n) is 4.28. The second-order valence-electron chi connectivity index (χ2n) is 6.70. The quantitative estimate of drug-likeness (QED) is 0.655. The van der Waals surface area contributed by atoms with E-state index in [4.69, 9.17) is 9.31 Å². The molecular formula is C16H19BF4O4. The average Bonchev–Trinajstić information content (AvgIpc) is 2.66. The van der Waals surface area contributed by atoms with Crippen LogP contribution in [0.25, 0.3) is 6.08 Å². The molecule has 0 atom stereocenters. The van der Waals surface area contributed by atoms with Crippen molar-refractivity contribution in [2.75, 3.05) is 6.61 Å². The lowest BCUT2D eigenvalue weighted by molar-refractivity contribution is -0.274. The van der Waals surface area contributed by atoms with Crippen molar-refractivity contribution < 1.29 is 36.7 Å². The Morgan fingerprint density at radius 2 is 1.76 bits per heavy atom. The molecule has 0 radical (unpaired) electrons. The molecule has 1 N–H and O–H groups in total. The Kier molecular flexibility index (Phi) is 5.23. The van der Waals surface area contributed by atoms with Crippen LogP contribution in [0.2, 0.25) is 0 Å². The van der Waals surface area contributed by atoms with E-state index in [-0.39, 0.29) is 11.0 Å². The summed E-state index contributed by atoms with van der Waals surface area (Å²) in [5, 5.41) is 9.57. The summed E-state index contributed by atoms with van der Waals surface area (Å²) in [5.74, 6) is -1.33. The normalized spacial score (nSPS) is 20.0. The van der Waals surface area contributed by atoms with Crippen molar-refractivity contribution in [3.63, 3.8) is 0 Å². The molecular weight excluding hydrogens is 343 g/mol. The van der Waals surface area contributed by atoms with Gasteiger partial charge in [-0.25, -0.2) is 4.39 Å². The highest BCUT2D eigenvalue weighted by atomic mass is 19.4. The van der Waals surface area contributed by atoms with Crippen molar-refractivity contribution in [3.05, 3.63) is 35.1 Å². The predicted molar refractivity (Wildman–Crippen MR) is 84.2 cm³/mol. The number of hydrogen-bond acceptors (Lipinski definition) is 4. The number of alkyl halides is 3. The maximum atomic E-state index is 13.9. The van der Waals surface area contributed by atoms with Crippen molar-refractivity contribution in [2.24, 2.45) is 0 Å². The largest absolute Gasteiger partial charge is 0.573 e. The fourth-order valence-corrected chi connectivity index (χ4v) is 2.21. The first-order valence-electron chi connectivity index (χ1n) is 7.57. The van der Waals surface area contributed by atoms with Gasteiger partial charge in [-0.1, -0.05) is 6.08 Å². The highest BCUT2D eigenvalue weighted by Crippen LogP contribution is 2.39. The Balaban J connectivity index is 2.32. The molecule has 0 saturated carbocycles. The third kappa shape index (κ3) is 4.53. The van der Waals surface area contributed by atoms with Crippen LogP contribution >= 0.6 is 0 Å². The molecule has 0 amide bonds. The fourth-order valence-electron chi connectivity index (χ4n) is 2.21. The Labute approximate surface area is 143 Å². The smallest absolute Gasteiger partial charge is 0.406 e. The molecule has 1 saturated heterocycles. The van der Waals surface area contributed by atoms with Crippen LogP contribution in [0, 0.1) is 5.82 Å². The van der Waals surface area contributed by atoms with Crippen LogP contribution in [-0.2, 0) is 9.31 Å². The third-order valence-corrected chi connectivity index (χ3v) is 4.28. The highest BCUT2D eigenvalue weighted by Gasteiger charge is 2.52. The summed E-state index contributed by atoms with van der Waals surface area (Å²) in [4.78, 5) is 0. The van der Waals surface area contributed by atoms with E-state index < -0.39 is 42.9 Å². The van der Waals surface area contributed by atoms with Crippen LogP contribution in [0.1, 0.15) is 33.3 Å². The summed E-state index contributed by atoms with van der Waals surface area (Å²) in [6.07, 6.45) is -3.69. The molecule has 25 heavy (non-hydrogen) atoms. The predicted octanol–water partition coefficient (Wildman–Crippen LogP) is 3.73. The van der Waals surface area contributed by atoms with E-state index in [2.05, 4.69) is 4.74 Å². The molecule has 1 aliphatic rings. The van der Waals surface area contributed by atoms with E-state index in [1.807, 2.05) is 0 Å². The molecule has 4 nitrogen and oxygen atoms in total. The molecule has 138 valence electrons. The fraction of sp³-hybridized carbons (Fsp3) is 0.500.